The molecule has 0 saturated heterocycles. The van der Waals surface area contributed by atoms with Gasteiger partial charge in [-0.25, -0.2) is 0 Å². The van der Waals surface area contributed by atoms with E-state index < -0.39 is 10.8 Å². The van der Waals surface area contributed by atoms with Crippen molar-refractivity contribution in [2.24, 2.45) is 0 Å². The normalized spacial score (nSPS) is 15.6. The van der Waals surface area contributed by atoms with Gasteiger partial charge >= 0.3 is 0 Å². The molecule has 19 heavy (non-hydrogen) atoms. The zero-order valence-electron chi connectivity index (χ0n) is 10.7. The van der Waals surface area contributed by atoms with Crippen LogP contribution >= 0.6 is 0 Å². The van der Waals surface area contributed by atoms with Crippen LogP contribution in [0.2, 0.25) is 0 Å². The minimum absolute atomic E-state index is 0.0176. The van der Waals surface area contributed by atoms with Crippen molar-refractivity contribution < 1.29 is 23.2 Å². The molecule has 0 saturated carbocycles. The van der Waals surface area contributed by atoms with Crippen LogP contribution < -0.4 is 9.47 Å². The second-order valence-electron chi connectivity index (χ2n) is 4.12. The Morgan fingerprint density at radius 3 is 2.79 bits per heavy atom. The van der Waals surface area contributed by atoms with Gasteiger partial charge in [0.1, 0.15) is 6.61 Å². The van der Waals surface area contributed by atoms with E-state index in [1.54, 1.807) is 18.2 Å². The van der Waals surface area contributed by atoms with Gasteiger partial charge in [0.05, 0.1) is 29.8 Å². The number of ketones is 1. The molecule has 104 valence electrons. The molecule has 0 radical (unpaired) electrons. The third-order valence-corrected chi connectivity index (χ3v) is 3.94. The summed E-state index contributed by atoms with van der Waals surface area (Å²) in [7, 11) is 0.0551. The van der Waals surface area contributed by atoms with Gasteiger partial charge in [0.2, 0.25) is 0 Å². The molecule has 0 fully saturated rings. The van der Waals surface area contributed by atoms with Crippen LogP contribution in [0.4, 0.5) is 0 Å². The van der Waals surface area contributed by atoms with E-state index in [9.17, 15) is 9.00 Å². The number of hydrogen-bond acceptors (Lipinski definition) is 5. The average molecular weight is 284 g/mol. The zero-order chi connectivity index (χ0) is 13.7. The first kappa shape index (κ1) is 14.0. The van der Waals surface area contributed by atoms with E-state index >= 15 is 0 Å². The van der Waals surface area contributed by atoms with Crippen LogP contribution in [0.25, 0.3) is 0 Å². The SMILES string of the molecule is COCC(=O)CS(=O)c1ccc2c(c1)OCCCO2. The molecule has 5 nitrogen and oxygen atoms in total. The molecule has 1 atom stereocenters. The molecule has 0 aromatic heterocycles. The molecule has 0 aliphatic carbocycles. The van der Waals surface area contributed by atoms with Gasteiger partial charge in [-0.1, -0.05) is 0 Å². The van der Waals surface area contributed by atoms with Crippen LogP contribution in [0.5, 0.6) is 11.5 Å². The van der Waals surface area contributed by atoms with Gasteiger partial charge < -0.3 is 14.2 Å². The number of ether oxygens (including phenoxy) is 3. The third-order valence-electron chi connectivity index (χ3n) is 2.58. The van der Waals surface area contributed by atoms with Gasteiger partial charge in [0, 0.05) is 24.5 Å². The summed E-state index contributed by atoms with van der Waals surface area (Å²) in [4.78, 5) is 12.0. The van der Waals surface area contributed by atoms with E-state index in [0.29, 0.717) is 29.6 Å². The van der Waals surface area contributed by atoms with Crippen molar-refractivity contribution in [1.82, 2.24) is 0 Å². The Bertz CT molecular complexity index is 486. The summed E-state index contributed by atoms with van der Waals surface area (Å²) in [5, 5.41) is 0. The van der Waals surface area contributed by atoms with E-state index in [4.69, 9.17) is 14.2 Å². The standard InChI is InChI=1S/C13H16O5S/c1-16-8-10(14)9-19(15)11-3-4-12-13(7-11)18-6-2-5-17-12/h3-4,7H,2,5-6,8-9H2,1H3. The highest BCUT2D eigenvalue weighted by Crippen LogP contribution is 2.31. The summed E-state index contributed by atoms with van der Waals surface area (Å²) in [5.74, 6) is 1.00. The van der Waals surface area contributed by atoms with Crippen molar-refractivity contribution in [1.29, 1.82) is 0 Å². The molecule has 1 unspecified atom stereocenters. The van der Waals surface area contributed by atoms with E-state index in [2.05, 4.69) is 0 Å². The average Bonchev–Trinajstić information content (AvgIpc) is 2.63. The maximum Gasteiger partial charge on any atom is 0.171 e. The molecular weight excluding hydrogens is 268 g/mol. The lowest BCUT2D eigenvalue weighted by Crippen LogP contribution is -2.15. The smallest absolute Gasteiger partial charge is 0.171 e. The van der Waals surface area contributed by atoms with E-state index in [1.165, 1.54) is 7.11 Å². The minimum Gasteiger partial charge on any atom is -0.490 e. The predicted octanol–water partition coefficient (Wildman–Crippen LogP) is 1.17. The topological polar surface area (TPSA) is 61.8 Å². The van der Waals surface area contributed by atoms with Crippen LogP contribution in [0, 0.1) is 0 Å². The predicted molar refractivity (Wildman–Crippen MR) is 70.2 cm³/mol. The molecule has 0 bridgehead atoms. The maximum absolute atomic E-state index is 12.0. The lowest BCUT2D eigenvalue weighted by molar-refractivity contribution is -0.120. The monoisotopic (exact) mass is 284 g/mol. The molecule has 1 aromatic rings. The van der Waals surface area contributed by atoms with Crippen molar-refractivity contribution in [3.63, 3.8) is 0 Å². The van der Waals surface area contributed by atoms with Gasteiger partial charge in [0.25, 0.3) is 0 Å². The van der Waals surface area contributed by atoms with Crippen molar-refractivity contribution >= 4 is 16.6 Å². The van der Waals surface area contributed by atoms with E-state index in [0.717, 1.165) is 6.42 Å². The van der Waals surface area contributed by atoms with Crippen molar-refractivity contribution in [2.75, 3.05) is 32.7 Å². The number of carbonyl (C=O) groups excluding carboxylic acids is 1. The van der Waals surface area contributed by atoms with Crippen LogP contribution in [-0.2, 0) is 20.3 Å². The Morgan fingerprint density at radius 2 is 2.05 bits per heavy atom. The summed E-state index contributed by atoms with van der Waals surface area (Å²) in [5.41, 5.74) is 0. The van der Waals surface area contributed by atoms with Gasteiger partial charge in [-0.05, 0) is 12.1 Å². The molecule has 6 heteroatoms. The Labute approximate surface area is 114 Å². The fourth-order valence-electron chi connectivity index (χ4n) is 1.72. The van der Waals surface area contributed by atoms with Gasteiger partial charge in [-0.15, -0.1) is 0 Å². The number of carbonyl (C=O) groups is 1. The molecule has 1 heterocycles. The van der Waals surface area contributed by atoms with Crippen molar-refractivity contribution in [3.8, 4) is 11.5 Å². The number of methoxy groups -OCH3 is 1. The lowest BCUT2D eigenvalue weighted by Gasteiger charge is -2.09. The van der Waals surface area contributed by atoms with Crippen LogP contribution in [-0.4, -0.2) is 42.7 Å². The minimum atomic E-state index is -1.38. The second-order valence-corrected chi connectivity index (χ2v) is 5.57. The highest BCUT2D eigenvalue weighted by atomic mass is 32.2. The highest BCUT2D eigenvalue weighted by molar-refractivity contribution is 7.85. The molecule has 1 aliphatic rings. The molecule has 1 aliphatic heterocycles. The second kappa shape index (κ2) is 6.68. The molecule has 2 rings (SSSR count). The first-order valence-electron chi connectivity index (χ1n) is 5.99. The molecule has 0 N–H and O–H groups in total. The Kier molecular flexibility index (Phi) is 4.93. The summed E-state index contributed by atoms with van der Waals surface area (Å²) in [6.07, 6.45) is 0.819. The number of hydrogen-bond donors (Lipinski definition) is 0. The molecular formula is C13H16O5S. The molecule has 1 aromatic carbocycles. The first-order chi connectivity index (χ1) is 9.20. The first-order valence-corrected chi connectivity index (χ1v) is 7.31. The maximum atomic E-state index is 12.0. The zero-order valence-corrected chi connectivity index (χ0v) is 11.5. The number of Topliss-reactive ketones (excluding diaryl/α,β-unsaturated/α-hetero) is 1. The third kappa shape index (κ3) is 3.78. The summed E-state index contributed by atoms with van der Waals surface area (Å²) in [6.45, 7) is 1.17. The van der Waals surface area contributed by atoms with E-state index in [-0.39, 0.29) is 18.1 Å². The van der Waals surface area contributed by atoms with Gasteiger partial charge in [0.15, 0.2) is 17.3 Å². The molecule has 0 amide bonds. The quantitative estimate of drug-likeness (QED) is 0.812. The Morgan fingerprint density at radius 1 is 1.32 bits per heavy atom. The number of benzene rings is 1. The van der Waals surface area contributed by atoms with Crippen LogP contribution in [0.15, 0.2) is 23.1 Å². The largest absolute Gasteiger partial charge is 0.490 e. The van der Waals surface area contributed by atoms with Gasteiger partial charge in [-0.2, -0.15) is 0 Å². The van der Waals surface area contributed by atoms with E-state index in [1.807, 2.05) is 0 Å². The Hall–Kier alpha value is -1.40. The number of rotatable bonds is 5. The number of fused-ring (bicyclic) bond motifs is 1. The summed E-state index contributed by atoms with van der Waals surface area (Å²) < 4.78 is 27.8. The lowest BCUT2D eigenvalue weighted by atomic mass is 10.3. The van der Waals surface area contributed by atoms with Crippen molar-refractivity contribution in [3.05, 3.63) is 18.2 Å². The van der Waals surface area contributed by atoms with Crippen LogP contribution in [0.1, 0.15) is 6.42 Å². The van der Waals surface area contributed by atoms with Crippen LogP contribution in [0.3, 0.4) is 0 Å². The molecule has 0 spiro atoms. The fourth-order valence-corrected chi connectivity index (χ4v) is 2.72. The van der Waals surface area contributed by atoms with Gasteiger partial charge in [-0.3, -0.25) is 9.00 Å². The highest BCUT2D eigenvalue weighted by Gasteiger charge is 2.15. The summed E-state index contributed by atoms with van der Waals surface area (Å²) in [6, 6.07) is 5.11. The Balaban J connectivity index is 2.10. The van der Waals surface area contributed by atoms with Crippen molar-refractivity contribution in [2.45, 2.75) is 11.3 Å². The summed E-state index contributed by atoms with van der Waals surface area (Å²) >= 11 is 0. The fraction of sp³-hybridized carbons (Fsp3) is 0.462.